The highest BCUT2D eigenvalue weighted by atomic mass is 19.3. The fraction of sp³-hybridized carbons (Fsp3) is 0.290. The van der Waals surface area contributed by atoms with Crippen molar-refractivity contribution in [2.24, 2.45) is 5.92 Å². The molecule has 2 fully saturated rings. The molecule has 5 aromatic rings. The lowest BCUT2D eigenvalue weighted by Gasteiger charge is -2.38. The Morgan fingerprint density at radius 3 is 2.47 bits per heavy atom. The van der Waals surface area contributed by atoms with Crippen LogP contribution in [0.1, 0.15) is 40.9 Å². The Morgan fingerprint density at radius 2 is 1.76 bits per heavy atom. The van der Waals surface area contributed by atoms with Gasteiger partial charge in [0.05, 0.1) is 12.0 Å². The zero-order valence-corrected chi connectivity index (χ0v) is 23.8. The molecule has 14 heteroatoms. The summed E-state index contributed by atoms with van der Waals surface area (Å²) < 4.78 is 45.6. The smallest absolute Gasteiger partial charge is 0.350 e. The number of aromatic nitrogens is 5. The molecule has 2 amide bonds. The Labute approximate surface area is 254 Å². The fourth-order valence-corrected chi connectivity index (χ4v) is 5.57. The molecule has 4 heterocycles. The number of tetrazole rings is 1. The van der Waals surface area contributed by atoms with Crippen LogP contribution in [-0.4, -0.2) is 79.2 Å². The van der Waals surface area contributed by atoms with E-state index in [1.807, 2.05) is 41.3 Å². The second kappa shape index (κ2) is 11.8. The highest BCUT2D eigenvalue weighted by molar-refractivity contribution is 5.97. The summed E-state index contributed by atoms with van der Waals surface area (Å²) in [6.07, 6.45) is 0.722. The minimum Gasteiger partial charge on any atom is -0.456 e. The van der Waals surface area contributed by atoms with Crippen molar-refractivity contribution in [2.45, 2.75) is 25.2 Å². The first-order valence-electron chi connectivity index (χ1n) is 14.4. The van der Waals surface area contributed by atoms with Crippen molar-refractivity contribution in [3.63, 3.8) is 0 Å². The number of halogens is 3. The summed E-state index contributed by atoms with van der Waals surface area (Å²) in [6.45, 7) is -1.25. The first-order chi connectivity index (χ1) is 21.8. The molecule has 11 nitrogen and oxygen atoms in total. The average molecular weight is 617 g/mol. The number of furan rings is 1. The van der Waals surface area contributed by atoms with Gasteiger partial charge in [-0.1, -0.05) is 35.1 Å². The number of rotatable bonds is 8. The van der Waals surface area contributed by atoms with Gasteiger partial charge in [-0.25, -0.2) is 4.39 Å². The summed E-state index contributed by atoms with van der Waals surface area (Å²) >= 11 is 0. The zero-order valence-electron chi connectivity index (χ0n) is 23.8. The number of anilines is 1. The van der Waals surface area contributed by atoms with Crippen molar-refractivity contribution in [3.05, 3.63) is 90.0 Å². The monoisotopic (exact) mass is 616 g/mol. The summed E-state index contributed by atoms with van der Waals surface area (Å²) in [5.41, 5.74) is 2.88. The number of pyridine rings is 1. The summed E-state index contributed by atoms with van der Waals surface area (Å²) in [6, 6.07) is 19.2. The predicted octanol–water partition coefficient (Wildman–Crippen LogP) is 4.72. The van der Waals surface area contributed by atoms with Crippen LogP contribution in [0.2, 0.25) is 0 Å². The van der Waals surface area contributed by atoms with Gasteiger partial charge in [-0.15, -0.1) is 10.2 Å². The average Bonchev–Trinajstić information content (AvgIpc) is 3.40. The van der Waals surface area contributed by atoms with E-state index in [1.54, 1.807) is 41.4 Å². The topological polar surface area (TPSA) is 122 Å². The standard InChI is InChI=1S/C31H27F3N8O3/c32-23-17-22(23)29(43)36-21-6-7-25-20(14-21)16-26(45-25)19-8-9-35-24(15-19)30(44)41-12-10-40(11-13-41)27(18-4-2-1-3-5-18)28-37-39-42(38-28)31(33)34/h1-9,14-16,22-23,27,31H,10-13,17H2,(H,36,43)/t22-,23+,27-/m1/s1. The maximum Gasteiger partial charge on any atom is 0.350 e. The molecule has 0 spiro atoms. The van der Waals surface area contributed by atoms with Gasteiger partial charge in [0, 0.05) is 49.0 Å². The van der Waals surface area contributed by atoms with Crippen LogP contribution in [0.25, 0.3) is 22.3 Å². The SMILES string of the molecule is O=C(Nc1ccc2oc(-c3ccnc(C(=O)N4CCN([C@H](c5ccccc5)c5nnn(C(F)F)n5)CC4)c3)cc2c1)[C@@H]1C[C@@H]1F. The van der Waals surface area contributed by atoms with Gasteiger partial charge in [-0.3, -0.25) is 19.5 Å². The molecule has 45 heavy (non-hydrogen) atoms. The number of nitrogens with one attached hydrogen (secondary N) is 1. The van der Waals surface area contributed by atoms with Crippen LogP contribution in [-0.2, 0) is 4.79 Å². The number of carbonyl (C=O) groups is 2. The number of piperazine rings is 1. The lowest BCUT2D eigenvalue weighted by atomic mass is 10.0. The second-order valence-electron chi connectivity index (χ2n) is 11.0. The van der Waals surface area contributed by atoms with Gasteiger partial charge in [0.25, 0.3) is 5.91 Å². The van der Waals surface area contributed by atoms with Gasteiger partial charge < -0.3 is 14.6 Å². The molecule has 1 N–H and O–H groups in total. The largest absolute Gasteiger partial charge is 0.456 e. The third-order valence-corrected chi connectivity index (χ3v) is 8.04. The highest BCUT2D eigenvalue weighted by Gasteiger charge is 2.43. The van der Waals surface area contributed by atoms with Crippen LogP contribution in [0.15, 0.2) is 77.3 Å². The first-order valence-corrected chi connectivity index (χ1v) is 14.4. The Bertz CT molecular complexity index is 1860. The number of hydrogen-bond donors (Lipinski definition) is 1. The number of fused-ring (bicyclic) bond motifs is 1. The van der Waals surface area contributed by atoms with Crippen LogP contribution < -0.4 is 5.32 Å². The van der Waals surface area contributed by atoms with Crippen molar-refractivity contribution >= 4 is 28.5 Å². The number of carbonyl (C=O) groups excluding carboxylic acids is 2. The number of nitrogens with zero attached hydrogens (tertiary/aromatic N) is 7. The Balaban J connectivity index is 1.05. The Hall–Kier alpha value is -5.11. The van der Waals surface area contributed by atoms with Crippen molar-refractivity contribution in [1.82, 2.24) is 35.0 Å². The van der Waals surface area contributed by atoms with E-state index in [2.05, 4.69) is 25.7 Å². The number of hydrogen-bond acceptors (Lipinski definition) is 8. The van der Waals surface area contributed by atoms with E-state index in [4.69, 9.17) is 4.42 Å². The molecule has 0 bridgehead atoms. The lowest BCUT2D eigenvalue weighted by Crippen LogP contribution is -2.50. The minimum absolute atomic E-state index is 0.160. The maximum absolute atomic E-state index is 13.5. The predicted molar refractivity (Wildman–Crippen MR) is 156 cm³/mol. The molecule has 1 saturated heterocycles. The van der Waals surface area contributed by atoms with Gasteiger partial charge in [0.15, 0.2) is 5.82 Å². The maximum atomic E-state index is 13.5. The highest BCUT2D eigenvalue weighted by Crippen LogP contribution is 2.36. The van der Waals surface area contributed by atoms with E-state index < -0.39 is 24.7 Å². The summed E-state index contributed by atoms with van der Waals surface area (Å²) in [4.78, 5) is 34.0. The van der Waals surface area contributed by atoms with Gasteiger partial charge in [0.2, 0.25) is 5.91 Å². The van der Waals surface area contributed by atoms with Crippen molar-refractivity contribution in [2.75, 3.05) is 31.5 Å². The number of benzene rings is 2. The molecule has 1 saturated carbocycles. The molecule has 230 valence electrons. The summed E-state index contributed by atoms with van der Waals surface area (Å²) in [5.74, 6) is -0.492. The molecule has 1 aliphatic carbocycles. The van der Waals surface area contributed by atoms with Crippen LogP contribution in [0.3, 0.4) is 0 Å². The number of alkyl halides is 3. The normalized spacial score (nSPS) is 19.2. The zero-order chi connectivity index (χ0) is 31.1. The van der Waals surface area contributed by atoms with Crippen LogP contribution >= 0.6 is 0 Å². The molecular formula is C31H27F3N8O3. The van der Waals surface area contributed by atoms with Crippen LogP contribution in [0.5, 0.6) is 0 Å². The minimum atomic E-state index is -2.90. The van der Waals surface area contributed by atoms with Gasteiger partial charge >= 0.3 is 6.55 Å². The van der Waals surface area contributed by atoms with E-state index in [1.165, 1.54) is 0 Å². The van der Waals surface area contributed by atoms with E-state index in [0.717, 1.165) is 10.9 Å². The fourth-order valence-electron chi connectivity index (χ4n) is 5.57. The summed E-state index contributed by atoms with van der Waals surface area (Å²) in [7, 11) is 0. The number of amides is 2. The molecule has 0 unspecified atom stereocenters. The molecule has 2 aromatic carbocycles. The molecular weight excluding hydrogens is 589 g/mol. The third kappa shape index (κ3) is 5.88. The van der Waals surface area contributed by atoms with Crippen molar-refractivity contribution < 1.29 is 27.2 Å². The Morgan fingerprint density at radius 1 is 0.978 bits per heavy atom. The molecule has 0 radical (unpaired) electrons. The van der Waals surface area contributed by atoms with E-state index in [9.17, 15) is 22.8 Å². The Kier molecular flexibility index (Phi) is 7.49. The van der Waals surface area contributed by atoms with Gasteiger partial charge in [-0.2, -0.15) is 8.78 Å². The molecule has 7 rings (SSSR count). The van der Waals surface area contributed by atoms with Crippen molar-refractivity contribution in [3.8, 4) is 11.3 Å². The van der Waals surface area contributed by atoms with E-state index in [-0.39, 0.29) is 29.8 Å². The third-order valence-electron chi connectivity index (χ3n) is 8.04. The molecule has 3 atom stereocenters. The van der Waals surface area contributed by atoms with Crippen LogP contribution in [0, 0.1) is 5.92 Å². The van der Waals surface area contributed by atoms with Crippen molar-refractivity contribution in [1.29, 1.82) is 0 Å². The lowest BCUT2D eigenvalue weighted by molar-refractivity contribution is -0.117. The van der Waals surface area contributed by atoms with Gasteiger partial charge in [-0.05, 0) is 53.6 Å². The first kappa shape index (κ1) is 28.6. The summed E-state index contributed by atoms with van der Waals surface area (Å²) in [5, 5.41) is 14.8. The quantitative estimate of drug-likeness (QED) is 0.266. The second-order valence-corrected chi connectivity index (χ2v) is 11.0. The van der Waals surface area contributed by atoms with Crippen LogP contribution in [0.4, 0.5) is 18.9 Å². The van der Waals surface area contributed by atoms with E-state index in [0.29, 0.717) is 53.6 Å². The molecule has 1 aliphatic heterocycles. The van der Waals surface area contributed by atoms with E-state index >= 15 is 0 Å². The van der Waals surface area contributed by atoms with Gasteiger partial charge in [0.1, 0.15) is 23.2 Å². The molecule has 2 aliphatic rings. The molecule has 3 aromatic heterocycles.